The number of carbonyl (C=O) groups excluding carboxylic acids is 2. The van der Waals surface area contributed by atoms with E-state index in [2.05, 4.69) is 15.2 Å². The first kappa shape index (κ1) is 21.0. The summed E-state index contributed by atoms with van der Waals surface area (Å²) in [5, 5.41) is 19.5. The van der Waals surface area contributed by atoms with Crippen LogP contribution < -0.4 is 16.0 Å². The molecule has 4 saturated carbocycles. The zero-order valence-corrected chi connectivity index (χ0v) is 18.4. The number of carboxylic acids is 1. The number of anilines is 2. The predicted molar refractivity (Wildman–Crippen MR) is 115 cm³/mol. The molecule has 1 heterocycles. The number of ether oxygens (including phenoxy) is 1. The molecule has 9 heteroatoms. The van der Waals surface area contributed by atoms with Crippen molar-refractivity contribution in [2.45, 2.75) is 44.1 Å². The first-order chi connectivity index (χ1) is 15.2. The highest BCUT2D eigenvalue weighted by Crippen LogP contribution is 2.63. The molecule has 0 aliphatic heterocycles. The Morgan fingerprint density at radius 3 is 2.44 bits per heavy atom. The molecule has 1 aromatic carbocycles. The van der Waals surface area contributed by atoms with E-state index in [-0.39, 0.29) is 16.9 Å². The van der Waals surface area contributed by atoms with Gasteiger partial charge in [-0.1, -0.05) is 11.6 Å². The molecule has 1 aromatic heterocycles. The summed E-state index contributed by atoms with van der Waals surface area (Å²) in [7, 11) is 1.31. The van der Waals surface area contributed by atoms with Gasteiger partial charge in [0.2, 0.25) is 0 Å². The quantitative estimate of drug-likeness (QED) is 0.687. The van der Waals surface area contributed by atoms with E-state index in [0.717, 1.165) is 19.3 Å². The second-order valence-corrected chi connectivity index (χ2v) is 9.91. The first-order valence-electron chi connectivity index (χ1n) is 10.7. The zero-order valence-electron chi connectivity index (χ0n) is 17.6. The van der Waals surface area contributed by atoms with Crippen molar-refractivity contribution >= 4 is 34.9 Å². The van der Waals surface area contributed by atoms with E-state index < -0.39 is 28.5 Å². The van der Waals surface area contributed by atoms with E-state index in [4.69, 9.17) is 11.6 Å². The zero-order chi connectivity index (χ0) is 22.7. The molecule has 2 aromatic rings. The molecule has 4 atom stereocenters. The maximum Gasteiger partial charge on any atom is 0.337 e. The highest BCUT2D eigenvalue weighted by molar-refractivity contribution is 6.33. The highest BCUT2D eigenvalue weighted by atomic mass is 35.5. The van der Waals surface area contributed by atoms with Crippen molar-refractivity contribution < 1.29 is 19.4 Å². The van der Waals surface area contributed by atoms with Crippen molar-refractivity contribution in [1.29, 1.82) is 0 Å². The van der Waals surface area contributed by atoms with Crippen molar-refractivity contribution in [3.63, 3.8) is 0 Å². The van der Waals surface area contributed by atoms with Crippen LogP contribution in [-0.4, -0.2) is 28.8 Å². The number of hydrogen-bond acceptors (Lipinski definition) is 7. The van der Waals surface area contributed by atoms with Gasteiger partial charge in [0.1, 0.15) is 5.02 Å². The van der Waals surface area contributed by atoms with Crippen LogP contribution in [0.5, 0.6) is 0 Å². The number of nitrogens with one attached hydrogen (secondary N) is 1. The average Bonchev–Trinajstić information content (AvgIpc) is 2.76. The average molecular weight is 457 g/mol. The normalized spacial score (nSPS) is 30.2. The van der Waals surface area contributed by atoms with E-state index in [1.165, 1.54) is 18.0 Å². The molecule has 4 fully saturated rings. The number of methoxy groups -OCH3 is 1. The molecule has 0 amide bonds. The number of hydrogen-bond donors (Lipinski definition) is 1. The Morgan fingerprint density at radius 2 is 1.84 bits per heavy atom. The lowest BCUT2D eigenvalue weighted by Gasteiger charge is -2.62. The molecule has 0 spiro atoms. The van der Waals surface area contributed by atoms with Crippen LogP contribution in [0.4, 0.5) is 11.4 Å². The summed E-state index contributed by atoms with van der Waals surface area (Å²) in [6, 6.07) is 6.56. The van der Waals surface area contributed by atoms with Gasteiger partial charge in [-0.15, -0.1) is 0 Å². The fraction of sp³-hybridized carbons (Fsp3) is 0.478. The molecule has 2 unspecified atom stereocenters. The summed E-state index contributed by atoms with van der Waals surface area (Å²) >= 11 is 6.45. The van der Waals surface area contributed by atoms with Crippen LogP contribution in [0.1, 0.15) is 48.9 Å². The Bertz CT molecular complexity index is 1150. The van der Waals surface area contributed by atoms with Crippen LogP contribution >= 0.6 is 11.6 Å². The van der Waals surface area contributed by atoms with E-state index >= 15 is 0 Å². The van der Waals surface area contributed by atoms with Crippen molar-refractivity contribution in [2.24, 2.45) is 17.3 Å². The minimum Gasteiger partial charge on any atom is -0.550 e. The lowest BCUT2D eigenvalue weighted by molar-refractivity contribution is -0.329. The third-order valence-electron chi connectivity index (χ3n) is 7.42. The van der Waals surface area contributed by atoms with Crippen molar-refractivity contribution in [3.8, 4) is 0 Å². The molecular formula is C23H23ClN3O5-. The molecule has 1 N–H and O–H groups in total. The fourth-order valence-electron chi connectivity index (χ4n) is 6.52. The van der Waals surface area contributed by atoms with Gasteiger partial charge in [0.05, 0.1) is 30.1 Å². The molecule has 0 saturated heterocycles. The fourth-order valence-corrected chi connectivity index (χ4v) is 6.70. The summed E-state index contributed by atoms with van der Waals surface area (Å²) in [5.74, 6) is -0.937. The van der Waals surface area contributed by atoms with Crippen LogP contribution in [0, 0.1) is 17.3 Å². The molecule has 8 nitrogen and oxygen atoms in total. The molecule has 4 aliphatic rings. The molecule has 4 aliphatic carbocycles. The Kier molecular flexibility index (Phi) is 4.81. The second-order valence-electron chi connectivity index (χ2n) is 9.54. The van der Waals surface area contributed by atoms with Gasteiger partial charge in [-0.3, -0.25) is 4.79 Å². The van der Waals surface area contributed by atoms with Gasteiger partial charge in [0.15, 0.2) is 0 Å². The number of aromatic nitrogens is 2. The van der Waals surface area contributed by atoms with Gasteiger partial charge < -0.3 is 20.0 Å². The summed E-state index contributed by atoms with van der Waals surface area (Å²) < 4.78 is 6.12. The topological polar surface area (TPSA) is 113 Å². The van der Waals surface area contributed by atoms with Crippen LogP contribution in [0.15, 0.2) is 35.3 Å². The number of carboxylic acid groups (broad SMARTS) is 1. The lowest BCUT2D eigenvalue weighted by atomic mass is 9.47. The van der Waals surface area contributed by atoms with E-state index in [9.17, 15) is 19.5 Å². The number of nitrogens with zero attached hydrogens (tertiary/aromatic N) is 2. The van der Waals surface area contributed by atoms with Gasteiger partial charge in [0.25, 0.3) is 5.56 Å². The highest BCUT2D eigenvalue weighted by Gasteiger charge is 2.60. The van der Waals surface area contributed by atoms with E-state index in [1.54, 1.807) is 24.3 Å². The smallest absolute Gasteiger partial charge is 0.337 e. The SMILES string of the molecule is COC(=O)c1ccc(Nc2cnn(C34C[C@@H]5C[C@@H](CC(C(=O)[O-])(C5)C3)C4)c(=O)c2Cl)cc1. The van der Waals surface area contributed by atoms with Gasteiger partial charge in [-0.25, -0.2) is 9.48 Å². The van der Waals surface area contributed by atoms with Crippen molar-refractivity contribution in [1.82, 2.24) is 9.78 Å². The largest absolute Gasteiger partial charge is 0.550 e. The standard InChI is InChI=1S/C23H24ClN3O5/c1-32-20(29)15-2-4-16(5-3-15)26-17-11-25-27(19(28)18(17)24)23-9-13-6-14(10-23)8-22(7-13,12-23)21(30)31/h2-5,11,13-14,26H,6-10,12H2,1H3,(H,30,31)/p-1/t13-,14+,22?,23?. The minimum absolute atomic E-state index is 0.00436. The number of rotatable bonds is 5. The van der Waals surface area contributed by atoms with Crippen LogP contribution in [0.2, 0.25) is 5.02 Å². The number of aliphatic carboxylic acids is 1. The van der Waals surface area contributed by atoms with Crippen molar-refractivity contribution in [3.05, 3.63) is 51.4 Å². The summed E-state index contributed by atoms with van der Waals surface area (Å²) in [6.07, 6.45) is 5.59. The van der Waals surface area contributed by atoms with Gasteiger partial charge in [-0.2, -0.15) is 5.10 Å². The third-order valence-corrected chi connectivity index (χ3v) is 7.78. The van der Waals surface area contributed by atoms with E-state index in [0.29, 0.717) is 36.2 Å². The molecule has 168 valence electrons. The number of halogens is 1. The maximum absolute atomic E-state index is 13.3. The van der Waals surface area contributed by atoms with Crippen LogP contribution in [0.25, 0.3) is 0 Å². The Hall–Kier alpha value is -2.87. The molecule has 32 heavy (non-hydrogen) atoms. The Morgan fingerprint density at radius 1 is 1.19 bits per heavy atom. The summed E-state index contributed by atoms with van der Waals surface area (Å²) in [4.78, 5) is 36.9. The van der Waals surface area contributed by atoms with Gasteiger partial charge >= 0.3 is 5.97 Å². The minimum atomic E-state index is -1.01. The monoisotopic (exact) mass is 456 g/mol. The van der Waals surface area contributed by atoms with Crippen LogP contribution in [0.3, 0.4) is 0 Å². The van der Waals surface area contributed by atoms with Crippen LogP contribution in [-0.2, 0) is 15.1 Å². The molecule has 6 rings (SSSR count). The Balaban J connectivity index is 1.45. The molecule has 4 bridgehead atoms. The molecular weight excluding hydrogens is 434 g/mol. The Labute approximate surface area is 189 Å². The second kappa shape index (κ2) is 7.33. The number of benzene rings is 1. The first-order valence-corrected chi connectivity index (χ1v) is 11.1. The van der Waals surface area contributed by atoms with Gasteiger partial charge in [-0.05, 0) is 74.6 Å². The molecule has 0 radical (unpaired) electrons. The van der Waals surface area contributed by atoms with Gasteiger partial charge in [0, 0.05) is 17.1 Å². The predicted octanol–water partition coefficient (Wildman–Crippen LogP) is 2.47. The summed E-state index contributed by atoms with van der Waals surface area (Å²) in [6.45, 7) is 0. The number of carbonyl (C=O) groups is 2. The lowest BCUT2D eigenvalue weighted by Crippen LogP contribution is -2.63. The van der Waals surface area contributed by atoms with Crippen molar-refractivity contribution in [2.75, 3.05) is 12.4 Å². The third kappa shape index (κ3) is 3.20. The maximum atomic E-state index is 13.3. The summed E-state index contributed by atoms with van der Waals surface area (Å²) in [5.41, 5.74) is -0.566. The van der Waals surface area contributed by atoms with E-state index in [1.807, 2.05) is 0 Å². The number of esters is 1.